The summed E-state index contributed by atoms with van der Waals surface area (Å²) in [7, 11) is 0. The first kappa shape index (κ1) is 23.1. The molecule has 31 heavy (non-hydrogen) atoms. The van der Waals surface area contributed by atoms with Crippen LogP contribution in [0.3, 0.4) is 0 Å². The summed E-state index contributed by atoms with van der Waals surface area (Å²) >= 11 is 1.13. The molecule has 0 aliphatic heterocycles. The second-order valence-electron chi connectivity index (χ2n) is 7.80. The first-order valence-corrected chi connectivity index (χ1v) is 10.8. The van der Waals surface area contributed by atoms with E-state index in [2.05, 4.69) is 15.5 Å². The molecule has 1 aliphatic rings. The number of nitrogens with zero attached hydrogens (tertiary/aromatic N) is 3. The Morgan fingerprint density at radius 2 is 1.94 bits per heavy atom. The van der Waals surface area contributed by atoms with Gasteiger partial charge in [-0.25, -0.2) is 0 Å². The molecule has 1 saturated carbocycles. The van der Waals surface area contributed by atoms with Crippen LogP contribution in [-0.4, -0.2) is 31.8 Å². The van der Waals surface area contributed by atoms with E-state index < -0.39 is 28.8 Å². The Hall–Kier alpha value is -2.56. The van der Waals surface area contributed by atoms with Gasteiger partial charge in [0.15, 0.2) is 5.16 Å². The molecule has 1 aliphatic carbocycles. The summed E-state index contributed by atoms with van der Waals surface area (Å²) in [5.41, 5.74) is 4.08. The molecule has 0 spiro atoms. The highest BCUT2D eigenvalue weighted by molar-refractivity contribution is 8.00. The molecule has 1 heterocycles. The number of aromatic nitrogens is 3. The van der Waals surface area contributed by atoms with Crippen LogP contribution >= 0.6 is 11.8 Å². The van der Waals surface area contributed by atoms with Crippen molar-refractivity contribution in [3.63, 3.8) is 0 Å². The number of anilines is 1. The monoisotopic (exact) mass is 455 g/mol. The fraction of sp³-hybridized carbons (Fsp3) is 0.500. The van der Waals surface area contributed by atoms with Gasteiger partial charge in [-0.3, -0.25) is 9.59 Å². The Labute approximate surface area is 182 Å². The van der Waals surface area contributed by atoms with Gasteiger partial charge in [-0.05, 0) is 30.9 Å². The van der Waals surface area contributed by atoms with Gasteiger partial charge < -0.3 is 15.6 Å². The normalized spacial score (nSPS) is 15.2. The van der Waals surface area contributed by atoms with Crippen molar-refractivity contribution < 1.29 is 22.8 Å². The van der Waals surface area contributed by atoms with Crippen molar-refractivity contribution in [3.05, 3.63) is 35.7 Å². The highest BCUT2D eigenvalue weighted by Gasteiger charge is 2.36. The zero-order valence-corrected chi connectivity index (χ0v) is 18.0. The van der Waals surface area contributed by atoms with Crippen LogP contribution in [0.15, 0.2) is 29.4 Å². The number of hydrogen-bond acceptors (Lipinski definition) is 5. The van der Waals surface area contributed by atoms with Crippen LogP contribution in [0, 0.1) is 5.92 Å². The summed E-state index contributed by atoms with van der Waals surface area (Å²) in [6, 6.07) is 4.86. The summed E-state index contributed by atoms with van der Waals surface area (Å²) in [4.78, 5) is 24.2. The maximum absolute atomic E-state index is 13.3. The van der Waals surface area contributed by atoms with Crippen LogP contribution in [0.25, 0.3) is 0 Å². The lowest BCUT2D eigenvalue weighted by atomic mass is 10.1. The van der Waals surface area contributed by atoms with Gasteiger partial charge in [0, 0.05) is 18.9 Å². The quantitative estimate of drug-likeness (QED) is 0.560. The molecule has 1 fully saturated rings. The summed E-state index contributed by atoms with van der Waals surface area (Å²) in [5, 5.41) is 10.6. The number of benzene rings is 1. The lowest BCUT2D eigenvalue weighted by Crippen LogP contribution is -2.31. The Morgan fingerprint density at radius 1 is 1.26 bits per heavy atom. The number of para-hydroxylation sites is 1. The van der Waals surface area contributed by atoms with Gasteiger partial charge in [-0.2, -0.15) is 13.2 Å². The standard InChI is InChI=1S/C20H24F3N5O2S/c1-11(2)16(18(30)25-14-6-4-3-5-13(14)20(21,22)23)31-19-27-26-17(12-7-8-12)28(19)10-9-15(24)29/h3-6,11-12,16H,7-10H2,1-2H3,(H2,24,29)(H,25,30). The number of amides is 2. The molecule has 3 N–H and O–H groups in total. The van der Waals surface area contributed by atoms with Crippen LogP contribution in [0.2, 0.25) is 0 Å². The van der Waals surface area contributed by atoms with Gasteiger partial charge in [-0.15, -0.1) is 10.2 Å². The largest absolute Gasteiger partial charge is 0.418 e. The second kappa shape index (κ2) is 9.29. The third kappa shape index (κ3) is 5.78. The summed E-state index contributed by atoms with van der Waals surface area (Å²) < 4.78 is 41.6. The topological polar surface area (TPSA) is 103 Å². The number of nitrogens with two attached hydrogens (primary N) is 1. The Bertz CT molecular complexity index is 957. The third-order valence-electron chi connectivity index (χ3n) is 4.86. The average Bonchev–Trinajstić information content (AvgIpc) is 3.44. The predicted molar refractivity (Wildman–Crippen MR) is 110 cm³/mol. The first-order valence-electron chi connectivity index (χ1n) is 9.93. The van der Waals surface area contributed by atoms with Crippen molar-refractivity contribution in [2.45, 2.75) is 62.2 Å². The summed E-state index contributed by atoms with van der Waals surface area (Å²) in [6.07, 6.45) is -2.54. The Balaban J connectivity index is 1.82. The average molecular weight is 456 g/mol. The molecule has 1 atom stereocenters. The predicted octanol–water partition coefficient (Wildman–Crippen LogP) is 3.81. The van der Waals surface area contributed by atoms with E-state index in [1.807, 2.05) is 0 Å². The molecule has 1 aromatic carbocycles. The van der Waals surface area contributed by atoms with E-state index in [-0.39, 0.29) is 23.9 Å². The molecular formula is C20H24F3N5O2S. The van der Waals surface area contributed by atoms with Gasteiger partial charge in [0.05, 0.1) is 16.5 Å². The number of carbonyl (C=O) groups is 2. The highest BCUT2D eigenvalue weighted by Crippen LogP contribution is 2.41. The van der Waals surface area contributed by atoms with E-state index in [1.165, 1.54) is 18.2 Å². The lowest BCUT2D eigenvalue weighted by molar-refractivity contribution is -0.137. The molecule has 7 nitrogen and oxygen atoms in total. The SMILES string of the molecule is CC(C)C(Sc1nnc(C2CC2)n1CCC(N)=O)C(=O)Nc1ccccc1C(F)(F)F. The zero-order chi connectivity index (χ0) is 22.8. The summed E-state index contributed by atoms with van der Waals surface area (Å²) in [5.74, 6) is -0.218. The highest BCUT2D eigenvalue weighted by atomic mass is 32.2. The number of thioether (sulfide) groups is 1. The first-order chi connectivity index (χ1) is 14.6. The van der Waals surface area contributed by atoms with Crippen molar-refractivity contribution in [1.29, 1.82) is 0 Å². The van der Waals surface area contributed by atoms with E-state index in [1.54, 1.807) is 18.4 Å². The molecule has 1 aromatic heterocycles. The maximum Gasteiger partial charge on any atom is 0.418 e. The second-order valence-corrected chi connectivity index (χ2v) is 8.91. The van der Waals surface area contributed by atoms with E-state index >= 15 is 0 Å². The molecule has 0 bridgehead atoms. The van der Waals surface area contributed by atoms with Crippen molar-refractivity contribution in [1.82, 2.24) is 14.8 Å². The minimum absolute atomic E-state index is 0.100. The van der Waals surface area contributed by atoms with Crippen LogP contribution in [0.4, 0.5) is 18.9 Å². The molecule has 2 aromatic rings. The van der Waals surface area contributed by atoms with Crippen molar-refractivity contribution in [3.8, 4) is 0 Å². The number of carbonyl (C=O) groups excluding carboxylic acids is 2. The minimum atomic E-state index is -4.58. The molecule has 168 valence electrons. The van der Waals surface area contributed by atoms with Crippen molar-refractivity contribution >= 4 is 29.3 Å². The molecular weight excluding hydrogens is 431 g/mol. The fourth-order valence-corrected chi connectivity index (χ4v) is 4.18. The van der Waals surface area contributed by atoms with E-state index in [0.717, 1.165) is 36.5 Å². The molecule has 3 rings (SSSR count). The fourth-order valence-electron chi connectivity index (χ4n) is 3.11. The number of primary amides is 1. The Morgan fingerprint density at radius 3 is 2.52 bits per heavy atom. The van der Waals surface area contributed by atoms with E-state index in [9.17, 15) is 22.8 Å². The number of nitrogens with one attached hydrogen (secondary N) is 1. The van der Waals surface area contributed by atoms with Gasteiger partial charge >= 0.3 is 6.18 Å². The van der Waals surface area contributed by atoms with Crippen molar-refractivity contribution in [2.24, 2.45) is 11.7 Å². The third-order valence-corrected chi connectivity index (χ3v) is 6.38. The van der Waals surface area contributed by atoms with E-state index in [4.69, 9.17) is 5.73 Å². The number of hydrogen-bond donors (Lipinski definition) is 2. The number of rotatable bonds is 9. The van der Waals surface area contributed by atoms with Crippen molar-refractivity contribution in [2.75, 3.05) is 5.32 Å². The molecule has 0 radical (unpaired) electrons. The van der Waals surface area contributed by atoms with Crippen LogP contribution in [-0.2, 0) is 22.3 Å². The number of alkyl halides is 3. The van der Waals surface area contributed by atoms with Crippen LogP contribution in [0.5, 0.6) is 0 Å². The lowest BCUT2D eigenvalue weighted by Gasteiger charge is -2.21. The molecule has 2 amide bonds. The van der Waals surface area contributed by atoms with E-state index in [0.29, 0.717) is 11.7 Å². The minimum Gasteiger partial charge on any atom is -0.370 e. The van der Waals surface area contributed by atoms with Gasteiger partial charge in [0.2, 0.25) is 11.8 Å². The van der Waals surface area contributed by atoms with Gasteiger partial charge in [-0.1, -0.05) is 37.7 Å². The Kier molecular flexibility index (Phi) is 6.93. The smallest absolute Gasteiger partial charge is 0.370 e. The molecule has 1 unspecified atom stereocenters. The zero-order valence-electron chi connectivity index (χ0n) is 17.1. The number of halogens is 3. The maximum atomic E-state index is 13.3. The van der Waals surface area contributed by atoms with Gasteiger partial charge in [0.1, 0.15) is 5.82 Å². The summed E-state index contributed by atoms with van der Waals surface area (Å²) in [6.45, 7) is 3.90. The molecule has 11 heteroatoms. The van der Waals surface area contributed by atoms with Crippen LogP contribution in [0.1, 0.15) is 50.4 Å². The van der Waals surface area contributed by atoms with Gasteiger partial charge in [0.25, 0.3) is 0 Å². The molecule has 0 saturated heterocycles. The van der Waals surface area contributed by atoms with Crippen LogP contribution < -0.4 is 11.1 Å².